The summed E-state index contributed by atoms with van der Waals surface area (Å²) in [4.78, 5) is 11.2. The van der Waals surface area contributed by atoms with E-state index < -0.39 is 5.97 Å². The Morgan fingerprint density at radius 3 is 2.73 bits per heavy atom. The van der Waals surface area contributed by atoms with E-state index in [1.807, 2.05) is 19.1 Å². The zero-order valence-corrected chi connectivity index (χ0v) is 14.9. The Bertz CT molecular complexity index is 880. The number of fused-ring (bicyclic) bond motifs is 3. The van der Waals surface area contributed by atoms with Gasteiger partial charge in [-0.1, -0.05) is 6.07 Å². The van der Waals surface area contributed by atoms with Gasteiger partial charge in [-0.25, -0.2) is 9.18 Å². The summed E-state index contributed by atoms with van der Waals surface area (Å²) in [6.07, 6.45) is 1.93. The average molecular weight is 355 g/mol. The van der Waals surface area contributed by atoms with Crippen molar-refractivity contribution in [1.82, 2.24) is 0 Å². The Labute approximate surface area is 152 Å². The summed E-state index contributed by atoms with van der Waals surface area (Å²) in [6, 6.07) is 8.61. The highest BCUT2D eigenvalue weighted by Gasteiger charge is 2.40. The molecule has 0 amide bonds. The highest BCUT2D eigenvalue weighted by atomic mass is 19.1. The quantitative estimate of drug-likeness (QED) is 0.814. The average Bonchev–Trinajstić information content (AvgIpc) is 2.62. The third-order valence-electron chi connectivity index (χ3n) is 5.60. The molecular formula is C21H22FNO3. The molecule has 4 nitrogen and oxygen atoms in total. The van der Waals surface area contributed by atoms with Gasteiger partial charge in [-0.2, -0.15) is 0 Å². The van der Waals surface area contributed by atoms with Crippen LogP contribution < -0.4 is 5.32 Å². The summed E-state index contributed by atoms with van der Waals surface area (Å²) in [5.41, 5.74) is 4.65. The van der Waals surface area contributed by atoms with E-state index in [2.05, 4.69) is 5.32 Å². The highest BCUT2D eigenvalue weighted by molar-refractivity contribution is 5.88. The molecule has 2 heterocycles. The number of anilines is 1. The van der Waals surface area contributed by atoms with Crippen molar-refractivity contribution in [3.8, 4) is 0 Å². The molecule has 5 heteroatoms. The van der Waals surface area contributed by atoms with Crippen LogP contribution in [0.2, 0.25) is 0 Å². The van der Waals surface area contributed by atoms with Gasteiger partial charge in [-0.05, 0) is 67.6 Å². The number of carboxylic acid groups (broad SMARTS) is 1. The zero-order chi connectivity index (χ0) is 18.4. The SMILES string of the molecule is Cc1cc2c(cc1F)N[C@@H](c1ccc(C(=O)O)cc1C)[C@H]1CCCO[C@@H]21. The number of hydrogen-bond donors (Lipinski definition) is 2. The van der Waals surface area contributed by atoms with Crippen LogP contribution in [0.1, 0.15) is 57.6 Å². The van der Waals surface area contributed by atoms with Gasteiger partial charge in [-0.3, -0.25) is 0 Å². The monoisotopic (exact) mass is 355 g/mol. The van der Waals surface area contributed by atoms with E-state index in [1.54, 1.807) is 25.1 Å². The van der Waals surface area contributed by atoms with Crippen molar-refractivity contribution in [1.29, 1.82) is 0 Å². The van der Waals surface area contributed by atoms with Crippen LogP contribution in [0.15, 0.2) is 30.3 Å². The van der Waals surface area contributed by atoms with Crippen molar-refractivity contribution in [2.45, 2.75) is 38.8 Å². The van der Waals surface area contributed by atoms with Gasteiger partial charge in [0.05, 0.1) is 17.7 Å². The molecule has 26 heavy (non-hydrogen) atoms. The van der Waals surface area contributed by atoms with Gasteiger partial charge in [-0.15, -0.1) is 0 Å². The Morgan fingerprint density at radius 1 is 1.19 bits per heavy atom. The second-order valence-corrected chi connectivity index (χ2v) is 7.28. The van der Waals surface area contributed by atoms with Crippen LogP contribution >= 0.6 is 0 Å². The number of carbonyl (C=O) groups is 1. The molecule has 1 saturated heterocycles. The molecule has 2 aliphatic heterocycles. The van der Waals surface area contributed by atoms with Gasteiger partial charge in [0.15, 0.2) is 0 Å². The van der Waals surface area contributed by atoms with E-state index in [0.29, 0.717) is 12.2 Å². The Balaban J connectivity index is 1.79. The van der Waals surface area contributed by atoms with Crippen molar-refractivity contribution < 1.29 is 19.0 Å². The lowest BCUT2D eigenvalue weighted by Gasteiger charge is -2.44. The van der Waals surface area contributed by atoms with Crippen LogP contribution in [0.5, 0.6) is 0 Å². The molecule has 0 saturated carbocycles. The minimum absolute atomic E-state index is 0.0299. The molecular weight excluding hydrogens is 333 g/mol. The summed E-state index contributed by atoms with van der Waals surface area (Å²) >= 11 is 0. The van der Waals surface area contributed by atoms with Crippen LogP contribution in [-0.4, -0.2) is 17.7 Å². The first-order chi connectivity index (χ1) is 12.5. The van der Waals surface area contributed by atoms with Crippen molar-refractivity contribution in [2.24, 2.45) is 5.92 Å². The molecule has 136 valence electrons. The van der Waals surface area contributed by atoms with Gasteiger partial charge in [0.2, 0.25) is 0 Å². The predicted octanol–water partition coefficient (Wildman–Crippen LogP) is 4.78. The summed E-state index contributed by atoms with van der Waals surface area (Å²) in [7, 11) is 0. The molecule has 0 aromatic heterocycles. The van der Waals surface area contributed by atoms with Crippen LogP contribution in [0.3, 0.4) is 0 Å². The van der Waals surface area contributed by atoms with E-state index in [-0.39, 0.29) is 29.4 Å². The number of ether oxygens (including phenoxy) is 1. The van der Waals surface area contributed by atoms with E-state index in [9.17, 15) is 14.3 Å². The standard InChI is InChI=1S/C21H22FNO3/c1-11-8-13(21(24)25)5-6-14(11)19-15-4-3-7-26-20(15)16-9-12(2)17(22)10-18(16)23-19/h5-6,8-10,15,19-20,23H,3-4,7H2,1-2H3,(H,24,25)/t15-,19+,20-/m1/s1. The maximum absolute atomic E-state index is 14.1. The molecule has 0 radical (unpaired) electrons. The molecule has 3 atom stereocenters. The number of rotatable bonds is 2. The summed E-state index contributed by atoms with van der Waals surface area (Å²) in [5, 5.41) is 12.7. The molecule has 2 aromatic rings. The lowest BCUT2D eigenvalue weighted by molar-refractivity contribution is -0.0382. The molecule has 0 spiro atoms. The summed E-state index contributed by atoms with van der Waals surface area (Å²) in [6.45, 7) is 4.41. The topological polar surface area (TPSA) is 58.6 Å². The number of benzene rings is 2. The van der Waals surface area contributed by atoms with E-state index in [1.165, 1.54) is 0 Å². The second-order valence-electron chi connectivity index (χ2n) is 7.28. The van der Waals surface area contributed by atoms with Crippen LogP contribution in [0.4, 0.5) is 10.1 Å². The van der Waals surface area contributed by atoms with Crippen molar-refractivity contribution in [2.75, 3.05) is 11.9 Å². The first-order valence-corrected chi connectivity index (χ1v) is 8.97. The van der Waals surface area contributed by atoms with Crippen LogP contribution in [0.25, 0.3) is 0 Å². The van der Waals surface area contributed by atoms with E-state index >= 15 is 0 Å². The number of halogens is 1. The normalized spacial score (nSPS) is 24.3. The summed E-state index contributed by atoms with van der Waals surface area (Å²) in [5.74, 6) is -0.935. The largest absolute Gasteiger partial charge is 0.478 e. The fourth-order valence-corrected chi connectivity index (χ4v) is 4.27. The zero-order valence-electron chi connectivity index (χ0n) is 14.9. The number of nitrogens with one attached hydrogen (secondary N) is 1. The minimum atomic E-state index is -0.932. The first kappa shape index (κ1) is 17.0. The number of hydrogen-bond acceptors (Lipinski definition) is 3. The fourth-order valence-electron chi connectivity index (χ4n) is 4.27. The Morgan fingerprint density at radius 2 is 2.00 bits per heavy atom. The van der Waals surface area contributed by atoms with Gasteiger partial charge in [0, 0.05) is 23.8 Å². The van der Waals surface area contributed by atoms with Crippen LogP contribution in [0, 0.1) is 25.6 Å². The van der Waals surface area contributed by atoms with Gasteiger partial charge in [0.25, 0.3) is 0 Å². The highest BCUT2D eigenvalue weighted by Crippen LogP contribution is 2.50. The van der Waals surface area contributed by atoms with Crippen molar-refractivity contribution in [3.63, 3.8) is 0 Å². The predicted molar refractivity (Wildman–Crippen MR) is 97.1 cm³/mol. The third kappa shape index (κ3) is 2.76. The van der Waals surface area contributed by atoms with Crippen molar-refractivity contribution in [3.05, 3.63) is 64.0 Å². The molecule has 1 fully saturated rings. The first-order valence-electron chi connectivity index (χ1n) is 8.97. The lowest BCUT2D eigenvalue weighted by Crippen LogP contribution is -2.36. The third-order valence-corrected chi connectivity index (χ3v) is 5.60. The molecule has 0 unspecified atom stereocenters. The van der Waals surface area contributed by atoms with Gasteiger partial charge in [0.1, 0.15) is 5.82 Å². The van der Waals surface area contributed by atoms with Gasteiger partial charge < -0.3 is 15.2 Å². The Hall–Kier alpha value is -2.40. The second kappa shape index (κ2) is 6.40. The minimum Gasteiger partial charge on any atom is -0.478 e. The number of aromatic carboxylic acids is 1. The number of carboxylic acids is 1. The Kier molecular flexibility index (Phi) is 4.19. The summed E-state index contributed by atoms with van der Waals surface area (Å²) < 4.78 is 20.2. The molecule has 2 aliphatic rings. The number of aryl methyl sites for hydroxylation is 2. The smallest absolute Gasteiger partial charge is 0.335 e. The van der Waals surface area contributed by atoms with Crippen LogP contribution in [-0.2, 0) is 4.74 Å². The van der Waals surface area contributed by atoms with E-state index in [0.717, 1.165) is 35.2 Å². The molecule has 4 rings (SSSR count). The van der Waals surface area contributed by atoms with Gasteiger partial charge >= 0.3 is 5.97 Å². The van der Waals surface area contributed by atoms with Crippen molar-refractivity contribution >= 4 is 11.7 Å². The maximum Gasteiger partial charge on any atom is 0.335 e. The molecule has 0 bridgehead atoms. The fraction of sp³-hybridized carbons (Fsp3) is 0.381. The molecule has 2 N–H and O–H groups in total. The molecule has 2 aromatic carbocycles. The molecule has 0 aliphatic carbocycles. The lowest BCUT2D eigenvalue weighted by atomic mass is 9.76. The maximum atomic E-state index is 14.1. The van der Waals surface area contributed by atoms with E-state index in [4.69, 9.17) is 4.74 Å².